The van der Waals surface area contributed by atoms with Gasteiger partial charge < -0.3 is 18.2 Å². The number of fused-ring (bicyclic) bond motifs is 10. The lowest BCUT2D eigenvalue weighted by atomic mass is 9.95. The molecule has 0 bridgehead atoms. The van der Waals surface area contributed by atoms with E-state index in [1.165, 1.54) is 5.39 Å². The highest BCUT2D eigenvalue weighted by Gasteiger charge is 2.22. The molecule has 0 atom stereocenters. The average molecular weight is 718 g/mol. The van der Waals surface area contributed by atoms with E-state index in [-0.39, 0.29) is 0 Å². The first-order chi connectivity index (χ1) is 27.7. The van der Waals surface area contributed by atoms with Crippen molar-refractivity contribution in [2.45, 2.75) is 0 Å². The summed E-state index contributed by atoms with van der Waals surface area (Å²) in [5.74, 6) is 0. The normalized spacial score (nSPS) is 11.9. The first-order valence-electron chi connectivity index (χ1n) is 18.9. The van der Waals surface area contributed by atoms with E-state index in [2.05, 4.69) is 163 Å². The molecule has 262 valence electrons. The Labute approximate surface area is 321 Å². The third-order valence-corrected chi connectivity index (χ3v) is 11.3. The van der Waals surface area contributed by atoms with Gasteiger partial charge in [0.2, 0.25) is 0 Å². The molecule has 0 saturated carbocycles. The Kier molecular flexibility index (Phi) is 6.60. The van der Waals surface area contributed by atoms with Crippen molar-refractivity contribution < 1.29 is 13.3 Å². The predicted molar refractivity (Wildman–Crippen MR) is 231 cm³/mol. The molecule has 0 saturated heterocycles. The van der Waals surface area contributed by atoms with Crippen molar-refractivity contribution in [2.75, 3.05) is 4.90 Å². The molecule has 4 nitrogen and oxygen atoms in total. The highest BCUT2D eigenvalue weighted by molar-refractivity contribution is 6.17. The standard InChI is InChI=1S/C52H31NO3/c1-2-12-34-30-49-43(29-33(34)11-1)52-41(17-10-22-48(52)56-49)38-13-3-6-18-44(38)53(36-27-28-40-39-14-4-7-19-45(39)55-50(40)31-36)35-25-23-32(24-26-35)37-16-9-21-47-51(37)42-15-5-8-20-46(42)54-47/h1-31H. The van der Waals surface area contributed by atoms with Gasteiger partial charge in [0.05, 0.1) is 5.69 Å². The second-order valence-corrected chi connectivity index (χ2v) is 14.4. The first kappa shape index (κ1) is 30.9. The lowest BCUT2D eigenvalue weighted by Gasteiger charge is -2.28. The Hall–Kier alpha value is -7.56. The number of para-hydroxylation sites is 3. The van der Waals surface area contributed by atoms with Crippen LogP contribution in [0.4, 0.5) is 17.1 Å². The van der Waals surface area contributed by atoms with Crippen LogP contribution in [0.2, 0.25) is 0 Å². The zero-order chi connectivity index (χ0) is 36.7. The Bertz CT molecular complexity index is 3490. The molecule has 4 heteroatoms. The van der Waals surface area contributed by atoms with Crippen molar-refractivity contribution in [3.05, 3.63) is 188 Å². The number of hydrogen-bond donors (Lipinski definition) is 0. The molecule has 12 rings (SSSR count). The second-order valence-electron chi connectivity index (χ2n) is 14.4. The van der Waals surface area contributed by atoms with E-state index >= 15 is 0 Å². The summed E-state index contributed by atoms with van der Waals surface area (Å²) in [6.45, 7) is 0. The van der Waals surface area contributed by atoms with Crippen molar-refractivity contribution in [1.29, 1.82) is 0 Å². The third-order valence-electron chi connectivity index (χ3n) is 11.3. The van der Waals surface area contributed by atoms with Crippen LogP contribution in [0.5, 0.6) is 0 Å². The summed E-state index contributed by atoms with van der Waals surface area (Å²) in [7, 11) is 0. The van der Waals surface area contributed by atoms with E-state index in [1.807, 2.05) is 30.3 Å². The minimum absolute atomic E-state index is 0.844. The number of anilines is 3. The van der Waals surface area contributed by atoms with Crippen LogP contribution in [0.25, 0.3) is 98.8 Å². The minimum Gasteiger partial charge on any atom is -0.456 e. The van der Waals surface area contributed by atoms with Crippen LogP contribution in [-0.4, -0.2) is 0 Å². The zero-order valence-corrected chi connectivity index (χ0v) is 30.1. The summed E-state index contributed by atoms with van der Waals surface area (Å²) < 4.78 is 19.3. The molecule has 0 amide bonds. The molecule has 0 radical (unpaired) electrons. The summed E-state index contributed by atoms with van der Waals surface area (Å²) >= 11 is 0. The molecule has 0 aliphatic rings. The fraction of sp³-hybridized carbons (Fsp3) is 0. The number of nitrogens with zero attached hydrogens (tertiary/aromatic N) is 1. The highest BCUT2D eigenvalue weighted by atomic mass is 16.3. The van der Waals surface area contributed by atoms with Crippen molar-refractivity contribution in [2.24, 2.45) is 0 Å². The quantitative estimate of drug-likeness (QED) is 0.178. The number of hydrogen-bond acceptors (Lipinski definition) is 4. The van der Waals surface area contributed by atoms with Gasteiger partial charge in [-0.2, -0.15) is 0 Å². The van der Waals surface area contributed by atoms with Gasteiger partial charge in [0, 0.05) is 55.3 Å². The van der Waals surface area contributed by atoms with E-state index in [9.17, 15) is 0 Å². The van der Waals surface area contributed by atoms with Gasteiger partial charge >= 0.3 is 0 Å². The molecule has 3 heterocycles. The Balaban J connectivity index is 1.07. The smallest absolute Gasteiger partial charge is 0.137 e. The maximum absolute atomic E-state index is 6.54. The molecule has 0 N–H and O–H groups in total. The van der Waals surface area contributed by atoms with Gasteiger partial charge in [-0.1, -0.05) is 115 Å². The lowest BCUT2D eigenvalue weighted by Crippen LogP contribution is -2.11. The zero-order valence-electron chi connectivity index (χ0n) is 30.1. The molecule has 3 aromatic heterocycles. The summed E-state index contributed by atoms with van der Waals surface area (Å²) in [6.07, 6.45) is 0. The molecule has 0 spiro atoms. The lowest BCUT2D eigenvalue weighted by molar-refractivity contribution is 0.668. The average Bonchev–Trinajstić information content (AvgIpc) is 3.94. The van der Waals surface area contributed by atoms with E-state index in [4.69, 9.17) is 13.3 Å². The van der Waals surface area contributed by atoms with Crippen LogP contribution in [0.1, 0.15) is 0 Å². The molecule has 0 aliphatic carbocycles. The molecule has 0 fully saturated rings. The van der Waals surface area contributed by atoms with Crippen molar-refractivity contribution >= 4 is 93.7 Å². The van der Waals surface area contributed by atoms with Crippen LogP contribution in [0, 0.1) is 0 Å². The largest absolute Gasteiger partial charge is 0.456 e. The van der Waals surface area contributed by atoms with Gasteiger partial charge in [-0.05, 0) is 94.2 Å². The van der Waals surface area contributed by atoms with Gasteiger partial charge in [0.1, 0.15) is 33.5 Å². The first-order valence-corrected chi connectivity index (χ1v) is 18.9. The van der Waals surface area contributed by atoms with Gasteiger partial charge in [0.15, 0.2) is 0 Å². The summed E-state index contributed by atoms with van der Waals surface area (Å²) in [5, 5.41) is 8.99. The van der Waals surface area contributed by atoms with Crippen LogP contribution in [0.3, 0.4) is 0 Å². The van der Waals surface area contributed by atoms with E-state index in [0.717, 1.165) is 111 Å². The molecule has 0 unspecified atom stereocenters. The Morgan fingerprint density at radius 3 is 1.66 bits per heavy atom. The number of rotatable bonds is 5. The third kappa shape index (κ3) is 4.66. The van der Waals surface area contributed by atoms with Crippen LogP contribution < -0.4 is 4.90 Å². The molecule has 12 aromatic rings. The predicted octanol–water partition coefficient (Wildman–Crippen LogP) is 15.3. The van der Waals surface area contributed by atoms with Crippen LogP contribution in [-0.2, 0) is 0 Å². The molecule has 9 aromatic carbocycles. The molecular formula is C52H31NO3. The summed E-state index contributed by atoms with van der Waals surface area (Å²) in [5.41, 5.74) is 12.8. The number of benzene rings is 9. The summed E-state index contributed by atoms with van der Waals surface area (Å²) in [6, 6.07) is 66.1. The second kappa shape index (κ2) is 12.0. The molecule has 56 heavy (non-hydrogen) atoms. The van der Waals surface area contributed by atoms with E-state index in [0.29, 0.717) is 0 Å². The summed E-state index contributed by atoms with van der Waals surface area (Å²) in [4.78, 5) is 2.34. The van der Waals surface area contributed by atoms with Gasteiger partial charge in [-0.15, -0.1) is 0 Å². The fourth-order valence-electron chi connectivity index (χ4n) is 8.72. The van der Waals surface area contributed by atoms with Crippen LogP contribution in [0.15, 0.2) is 201 Å². The van der Waals surface area contributed by atoms with Gasteiger partial charge in [-0.3, -0.25) is 0 Å². The minimum atomic E-state index is 0.844. The van der Waals surface area contributed by atoms with E-state index in [1.54, 1.807) is 0 Å². The van der Waals surface area contributed by atoms with Crippen molar-refractivity contribution in [3.8, 4) is 22.3 Å². The van der Waals surface area contributed by atoms with E-state index < -0.39 is 0 Å². The Morgan fingerprint density at radius 1 is 0.304 bits per heavy atom. The fourth-order valence-corrected chi connectivity index (χ4v) is 8.72. The van der Waals surface area contributed by atoms with Gasteiger partial charge in [-0.25, -0.2) is 0 Å². The maximum atomic E-state index is 6.54. The topological polar surface area (TPSA) is 42.7 Å². The van der Waals surface area contributed by atoms with Crippen molar-refractivity contribution in [3.63, 3.8) is 0 Å². The Morgan fingerprint density at radius 2 is 0.839 bits per heavy atom. The van der Waals surface area contributed by atoms with Crippen LogP contribution >= 0.6 is 0 Å². The van der Waals surface area contributed by atoms with Gasteiger partial charge in [0.25, 0.3) is 0 Å². The maximum Gasteiger partial charge on any atom is 0.137 e. The molecular weight excluding hydrogens is 687 g/mol. The number of furan rings is 3. The molecule has 0 aliphatic heterocycles. The van der Waals surface area contributed by atoms with Crippen molar-refractivity contribution in [1.82, 2.24) is 0 Å². The highest BCUT2D eigenvalue weighted by Crippen LogP contribution is 2.47. The SMILES string of the molecule is c1ccc(N(c2ccc(-c3cccc4oc5ccccc5c34)cc2)c2ccc3c(c2)oc2ccccc23)c(-c2cccc3oc4cc5ccccc5cc4c23)c1. The monoisotopic (exact) mass is 717 g/mol.